The van der Waals surface area contributed by atoms with Crippen molar-refractivity contribution in [2.75, 3.05) is 46.0 Å². The summed E-state index contributed by atoms with van der Waals surface area (Å²) in [4.78, 5) is 17.4. The Morgan fingerprint density at radius 2 is 2.15 bits per heavy atom. The predicted octanol–water partition coefficient (Wildman–Crippen LogP) is 0.938. The monoisotopic (exact) mass is 381 g/mol. The van der Waals surface area contributed by atoms with Crippen LogP contribution in [0.25, 0.3) is 0 Å². The predicted molar refractivity (Wildman–Crippen MR) is 105 cm³/mol. The molecule has 2 heterocycles. The standard InChI is InChI=1S/C17H27N5O3S/c1-4-25-16(23)15-12(2)14(20-13(15)3)11-19-21-17(26)18-5-6-22-7-9-24-10-8-22/h11,20H,4-10H2,1-3H3,(H2,18,21,26)/b19-11+. The summed E-state index contributed by atoms with van der Waals surface area (Å²) in [5.74, 6) is -0.327. The van der Waals surface area contributed by atoms with Gasteiger partial charge >= 0.3 is 5.97 Å². The SMILES string of the molecule is CCOC(=O)c1c(C)[nH]c(/C=N/NC(=S)NCCN2CCOCC2)c1C. The van der Waals surface area contributed by atoms with Gasteiger partial charge in [0.15, 0.2) is 5.11 Å². The van der Waals surface area contributed by atoms with E-state index >= 15 is 0 Å². The average Bonchev–Trinajstić information content (AvgIpc) is 2.90. The maximum absolute atomic E-state index is 12.0. The molecule has 1 aromatic heterocycles. The van der Waals surface area contributed by atoms with Crippen molar-refractivity contribution in [2.24, 2.45) is 5.10 Å². The number of esters is 1. The molecule has 3 N–H and O–H groups in total. The van der Waals surface area contributed by atoms with Crippen LogP contribution in [0.4, 0.5) is 0 Å². The molecule has 8 nitrogen and oxygen atoms in total. The first-order chi connectivity index (χ1) is 12.5. The zero-order chi connectivity index (χ0) is 18.9. The van der Waals surface area contributed by atoms with Gasteiger partial charge in [-0.2, -0.15) is 5.10 Å². The number of aromatic amines is 1. The second-order valence-corrected chi connectivity index (χ2v) is 6.37. The third kappa shape index (κ3) is 5.79. The Balaban J connectivity index is 1.79. The Bertz CT molecular complexity index is 653. The minimum absolute atomic E-state index is 0.327. The lowest BCUT2D eigenvalue weighted by molar-refractivity contribution is 0.0389. The fourth-order valence-corrected chi connectivity index (χ4v) is 2.91. The van der Waals surface area contributed by atoms with E-state index in [4.69, 9.17) is 21.7 Å². The summed E-state index contributed by atoms with van der Waals surface area (Å²) >= 11 is 5.21. The van der Waals surface area contributed by atoms with Gasteiger partial charge in [0.1, 0.15) is 0 Å². The van der Waals surface area contributed by atoms with E-state index in [1.54, 1.807) is 13.1 Å². The van der Waals surface area contributed by atoms with Crippen LogP contribution >= 0.6 is 12.2 Å². The van der Waals surface area contributed by atoms with E-state index in [9.17, 15) is 4.79 Å². The molecule has 0 atom stereocenters. The minimum atomic E-state index is -0.327. The van der Waals surface area contributed by atoms with Crippen molar-refractivity contribution in [3.63, 3.8) is 0 Å². The second kappa shape index (κ2) is 10.2. The molecule has 0 aromatic carbocycles. The van der Waals surface area contributed by atoms with E-state index in [1.165, 1.54) is 0 Å². The fraction of sp³-hybridized carbons (Fsp3) is 0.588. The molecule has 0 bridgehead atoms. The highest BCUT2D eigenvalue weighted by Gasteiger charge is 2.18. The van der Waals surface area contributed by atoms with Gasteiger partial charge in [0.2, 0.25) is 0 Å². The summed E-state index contributed by atoms with van der Waals surface area (Å²) < 4.78 is 10.4. The molecule has 2 rings (SSSR count). The van der Waals surface area contributed by atoms with Crippen molar-refractivity contribution >= 4 is 29.5 Å². The van der Waals surface area contributed by atoms with Crippen molar-refractivity contribution < 1.29 is 14.3 Å². The number of aryl methyl sites for hydroxylation is 1. The van der Waals surface area contributed by atoms with Crippen LogP contribution in [0, 0.1) is 13.8 Å². The molecule has 0 spiro atoms. The topological polar surface area (TPSA) is 91.0 Å². The quantitative estimate of drug-likeness (QED) is 0.280. The number of thiocarbonyl (C=S) groups is 1. The number of nitrogens with zero attached hydrogens (tertiary/aromatic N) is 2. The number of hydrazone groups is 1. The number of nitrogens with one attached hydrogen (secondary N) is 3. The minimum Gasteiger partial charge on any atom is -0.462 e. The van der Waals surface area contributed by atoms with Gasteiger partial charge in [-0.15, -0.1) is 0 Å². The summed E-state index contributed by atoms with van der Waals surface area (Å²) in [7, 11) is 0. The second-order valence-electron chi connectivity index (χ2n) is 5.96. The van der Waals surface area contributed by atoms with Gasteiger partial charge in [0.05, 0.1) is 37.3 Å². The first-order valence-corrected chi connectivity index (χ1v) is 9.17. The zero-order valence-corrected chi connectivity index (χ0v) is 16.4. The van der Waals surface area contributed by atoms with Crippen molar-refractivity contribution in [1.29, 1.82) is 0 Å². The molecule has 0 saturated carbocycles. The Hall–Kier alpha value is -1.97. The summed E-state index contributed by atoms with van der Waals surface area (Å²) in [6.45, 7) is 11.0. The van der Waals surface area contributed by atoms with E-state index in [0.29, 0.717) is 17.3 Å². The van der Waals surface area contributed by atoms with E-state index < -0.39 is 0 Å². The number of hydrogen-bond acceptors (Lipinski definition) is 6. The van der Waals surface area contributed by atoms with E-state index in [2.05, 4.69) is 25.7 Å². The molecule has 1 aliphatic rings. The molecule has 1 fully saturated rings. The first kappa shape index (κ1) is 20.3. The smallest absolute Gasteiger partial charge is 0.340 e. The number of carbonyl (C=O) groups is 1. The van der Waals surface area contributed by atoms with Crippen LogP contribution in [-0.2, 0) is 9.47 Å². The molecular weight excluding hydrogens is 354 g/mol. The number of morpholine rings is 1. The number of aromatic nitrogens is 1. The maximum Gasteiger partial charge on any atom is 0.340 e. The molecular formula is C17H27N5O3S. The third-order valence-corrected chi connectivity index (χ3v) is 4.37. The van der Waals surface area contributed by atoms with Crippen LogP contribution in [0.5, 0.6) is 0 Å². The molecule has 0 radical (unpaired) electrons. The highest BCUT2D eigenvalue weighted by atomic mass is 32.1. The summed E-state index contributed by atoms with van der Waals surface area (Å²) in [5, 5.41) is 7.71. The Kier molecular flexibility index (Phi) is 8.02. The Labute approximate surface area is 159 Å². The van der Waals surface area contributed by atoms with Crippen LogP contribution in [0.2, 0.25) is 0 Å². The van der Waals surface area contributed by atoms with Crippen LogP contribution in [-0.4, -0.2) is 73.2 Å². The van der Waals surface area contributed by atoms with Crippen LogP contribution in [0.15, 0.2) is 5.10 Å². The third-order valence-electron chi connectivity index (χ3n) is 4.13. The van der Waals surface area contributed by atoms with Crippen LogP contribution < -0.4 is 10.7 Å². The molecule has 9 heteroatoms. The number of rotatable bonds is 7. The van der Waals surface area contributed by atoms with Gasteiger partial charge in [-0.25, -0.2) is 4.79 Å². The van der Waals surface area contributed by atoms with Crippen LogP contribution in [0.3, 0.4) is 0 Å². The molecule has 0 amide bonds. The normalized spacial score (nSPS) is 15.2. The lowest BCUT2D eigenvalue weighted by atomic mass is 10.1. The summed E-state index contributed by atoms with van der Waals surface area (Å²) in [6, 6.07) is 0. The van der Waals surface area contributed by atoms with Crippen molar-refractivity contribution in [1.82, 2.24) is 20.6 Å². The molecule has 1 saturated heterocycles. The molecule has 0 aliphatic carbocycles. The highest BCUT2D eigenvalue weighted by molar-refractivity contribution is 7.80. The largest absolute Gasteiger partial charge is 0.462 e. The van der Waals surface area contributed by atoms with Crippen molar-refractivity contribution in [3.8, 4) is 0 Å². The molecule has 1 aliphatic heterocycles. The molecule has 1 aromatic rings. The molecule has 26 heavy (non-hydrogen) atoms. The lowest BCUT2D eigenvalue weighted by Gasteiger charge is -2.26. The van der Waals surface area contributed by atoms with Gasteiger partial charge < -0.3 is 19.8 Å². The van der Waals surface area contributed by atoms with E-state index in [0.717, 1.165) is 56.3 Å². The van der Waals surface area contributed by atoms with Crippen LogP contribution in [0.1, 0.15) is 34.2 Å². The zero-order valence-electron chi connectivity index (χ0n) is 15.6. The Morgan fingerprint density at radius 3 is 2.85 bits per heavy atom. The Morgan fingerprint density at radius 1 is 1.42 bits per heavy atom. The fourth-order valence-electron chi connectivity index (χ4n) is 2.76. The van der Waals surface area contributed by atoms with E-state index in [1.807, 2.05) is 13.8 Å². The van der Waals surface area contributed by atoms with Crippen molar-refractivity contribution in [3.05, 3.63) is 22.5 Å². The van der Waals surface area contributed by atoms with Gasteiger partial charge in [-0.05, 0) is 38.6 Å². The highest BCUT2D eigenvalue weighted by Crippen LogP contribution is 2.17. The number of ether oxygens (including phenoxy) is 2. The average molecular weight is 382 g/mol. The van der Waals surface area contributed by atoms with Crippen molar-refractivity contribution in [2.45, 2.75) is 20.8 Å². The molecule has 144 valence electrons. The number of carbonyl (C=O) groups excluding carboxylic acids is 1. The van der Waals surface area contributed by atoms with E-state index in [-0.39, 0.29) is 5.97 Å². The number of H-pyrrole nitrogens is 1. The first-order valence-electron chi connectivity index (χ1n) is 8.76. The van der Waals surface area contributed by atoms with Gasteiger partial charge in [-0.3, -0.25) is 10.3 Å². The summed E-state index contributed by atoms with van der Waals surface area (Å²) in [6.07, 6.45) is 1.61. The molecule has 0 unspecified atom stereocenters. The van der Waals surface area contributed by atoms with Gasteiger partial charge in [0, 0.05) is 31.9 Å². The number of hydrogen-bond donors (Lipinski definition) is 3. The van der Waals surface area contributed by atoms with Gasteiger partial charge in [0.25, 0.3) is 0 Å². The lowest BCUT2D eigenvalue weighted by Crippen LogP contribution is -2.42. The van der Waals surface area contributed by atoms with Gasteiger partial charge in [-0.1, -0.05) is 0 Å². The maximum atomic E-state index is 12.0. The summed E-state index contributed by atoms with van der Waals surface area (Å²) in [5.41, 5.74) is 5.65.